The molecule has 0 aromatic rings. The topological polar surface area (TPSA) is 127 Å². The van der Waals surface area contributed by atoms with Crippen LogP contribution in [0, 0.1) is 0 Å². The highest BCUT2D eigenvalue weighted by molar-refractivity contribution is 6.53. The smallest absolute Gasteiger partial charge is 0.387 e. The molecule has 5 atom stereocenters. The highest BCUT2D eigenvalue weighted by Gasteiger charge is 2.48. The fourth-order valence-corrected chi connectivity index (χ4v) is 3.96. The van der Waals surface area contributed by atoms with Crippen molar-refractivity contribution < 1.29 is 42.9 Å². The minimum Gasteiger partial charge on any atom is -0.387 e. The van der Waals surface area contributed by atoms with Gasteiger partial charge in [0.25, 0.3) is 0 Å². The van der Waals surface area contributed by atoms with Gasteiger partial charge >= 0.3 is 9.05 Å². The lowest BCUT2D eigenvalue weighted by atomic mass is 10.00. The third kappa shape index (κ3) is 4.93. The van der Waals surface area contributed by atoms with Crippen molar-refractivity contribution >= 4 is 9.05 Å². The van der Waals surface area contributed by atoms with Crippen LogP contribution in [0.2, 0.25) is 0 Å². The van der Waals surface area contributed by atoms with Crippen molar-refractivity contribution in [2.75, 3.05) is 26.4 Å². The summed E-state index contributed by atoms with van der Waals surface area (Å²) in [6, 6.07) is 0. The van der Waals surface area contributed by atoms with Crippen LogP contribution in [-0.4, -0.2) is 86.6 Å². The lowest BCUT2D eigenvalue weighted by Gasteiger charge is -2.39. The second-order valence-electron chi connectivity index (χ2n) is 4.65. The summed E-state index contributed by atoms with van der Waals surface area (Å²) in [6.07, 6.45) is -7.22. The van der Waals surface area contributed by atoms with E-state index in [0.717, 1.165) is 0 Å². The predicted molar refractivity (Wildman–Crippen MR) is 75.5 cm³/mol. The Labute approximate surface area is 130 Å². The van der Waals surface area contributed by atoms with E-state index in [0.29, 0.717) is 19.8 Å². The third-order valence-electron chi connectivity index (χ3n) is 3.07. The fraction of sp³-hybridized carbons (Fsp3) is 1.00. The van der Waals surface area contributed by atoms with Crippen molar-refractivity contribution in [2.45, 2.75) is 51.5 Å². The van der Waals surface area contributed by atoms with E-state index in [2.05, 4.69) is 0 Å². The maximum absolute atomic E-state index is 9.88. The van der Waals surface area contributed by atoms with Gasteiger partial charge in [0, 0.05) is 19.8 Å². The average molecular weight is 342 g/mol. The van der Waals surface area contributed by atoms with Crippen molar-refractivity contribution in [2.24, 2.45) is 0 Å². The first-order valence-corrected chi connectivity index (χ1v) is 8.97. The van der Waals surface area contributed by atoms with E-state index >= 15 is 0 Å². The molecule has 22 heavy (non-hydrogen) atoms. The van der Waals surface area contributed by atoms with Crippen LogP contribution < -0.4 is 0 Å². The van der Waals surface area contributed by atoms with E-state index in [9.17, 15) is 20.4 Å². The first-order chi connectivity index (χ1) is 10.4. The van der Waals surface area contributed by atoms with Crippen LogP contribution in [0.1, 0.15) is 20.8 Å². The van der Waals surface area contributed by atoms with Crippen LogP contribution in [0.15, 0.2) is 0 Å². The summed E-state index contributed by atoms with van der Waals surface area (Å²) in [5, 5.41) is 38.4. The first-order valence-electron chi connectivity index (χ1n) is 7.34. The number of hydrogen-bond acceptors (Lipinski definition) is 9. The Hall–Kier alpha value is -0.143. The molecular formula is C12H26O9Si. The molecule has 5 unspecified atom stereocenters. The van der Waals surface area contributed by atoms with E-state index in [1.165, 1.54) is 0 Å². The summed E-state index contributed by atoms with van der Waals surface area (Å²) >= 11 is 0. The molecule has 0 radical (unpaired) electrons. The van der Waals surface area contributed by atoms with E-state index in [1.807, 2.05) is 0 Å². The zero-order chi connectivity index (χ0) is 16.8. The minimum atomic E-state index is -3.39. The van der Waals surface area contributed by atoms with Gasteiger partial charge in [-0.25, -0.2) is 0 Å². The Morgan fingerprint density at radius 1 is 0.773 bits per heavy atom. The van der Waals surface area contributed by atoms with Crippen LogP contribution in [-0.2, 0) is 22.4 Å². The monoisotopic (exact) mass is 342 g/mol. The molecule has 132 valence electrons. The second kappa shape index (κ2) is 9.23. The molecular weight excluding hydrogens is 316 g/mol. The van der Waals surface area contributed by atoms with E-state index in [-0.39, 0.29) is 6.61 Å². The molecule has 1 saturated heterocycles. The molecule has 1 fully saturated rings. The van der Waals surface area contributed by atoms with Gasteiger partial charge in [-0.15, -0.1) is 0 Å². The van der Waals surface area contributed by atoms with Crippen LogP contribution in [0.3, 0.4) is 0 Å². The molecule has 1 rings (SSSR count). The van der Waals surface area contributed by atoms with Crippen molar-refractivity contribution in [3.63, 3.8) is 0 Å². The molecule has 9 nitrogen and oxygen atoms in total. The molecule has 10 heteroatoms. The van der Waals surface area contributed by atoms with Gasteiger partial charge in [-0.1, -0.05) is 0 Å². The zero-order valence-electron chi connectivity index (χ0n) is 13.0. The predicted octanol–water partition coefficient (Wildman–Crippen LogP) is -1.65. The van der Waals surface area contributed by atoms with E-state index in [1.54, 1.807) is 20.8 Å². The second-order valence-corrected chi connectivity index (χ2v) is 6.80. The zero-order valence-corrected chi connectivity index (χ0v) is 14.0. The van der Waals surface area contributed by atoms with Gasteiger partial charge in [0.1, 0.15) is 24.4 Å². The van der Waals surface area contributed by atoms with Crippen LogP contribution in [0.25, 0.3) is 0 Å². The third-order valence-corrected chi connectivity index (χ3v) is 5.52. The molecule has 0 aromatic heterocycles. The Morgan fingerprint density at radius 2 is 1.27 bits per heavy atom. The molecule has 1 heterocycles. The number of aliphatic hydroxyl groups is 4. The van der Waals surface area contributed by atoms with Crippen LogP contribution in [0.4, 0.5) is 0 Å². The van der Waals surface area contributed by atoms with Crippen molar-refractivity contribution in [3.8, 4) is 0 Å². The standard InChI is InChI=1S/C12H26O9Si/c1-4-17-22(18-5-2,19-6-3)20-7-8-9(13)10(14)11(15)12(16)21-8/h8-16H,4-7H2,1-3H3. The van der Waals surface area contributed by atoms with Crippen molar-refractivity contribution in [3.05, 3.63) is 0 Å². The van der Waals surface area contributed by atoms with E-state index < -0.39 is 39.8 Å². The molecule has 0 aliphatic carbocycles. The first kappa shape index (κ1) is 19.9. The molecule has 0 amide bonds. The molecule has 1 aliphatic rings. The summed E-state index contributed by atoms with van der Waals surface area (Å²) in [5.41, 5.74) is 0. The summed E-state index contributed by atoms with van der Waals surface area (Å²) in [4.78, 5) is 0. The number of ether oxygens (including phenoxy) is 1. The van der Waals surface area contributed by atoms with Gasteiger partial charge in [0.2, 0.25) is 0 Å². The molecule has 1 aliphatic heterocycles. The van der Waals surface area contributed by atoms with Gasteiger partial charge in [0.15, 0.2) is 6.29 Å². The quantitative estimate of drug-likeness (QED) is 0.364. The summed E-state index contributed by atoms with van der Waals surface area (Å²) in [6.45, 7) is 5.99. The van der Waals surface area contributed by atoms with Gasteiger partial charge in [-0.2, -0.15) is 0 Å². The Bertz CT molecular complexity index is 302. The molecule has 0 bridgehead atoms. The number of hydrogen-bond donors (Lipinski definition) is 4. The fourth-order valence-electron chi connectivity index (χ4n) is 2.03. The van der Waals surface area contributed by atoms with Crippen LogP contribution >= 0.6 is 0 Å². The van der Waals surface area contributed by atoms with Gasteiger partial charge in [0.05, 0.1) is 6.61 Å². The Morgan fingerprint density at radius 3 is 1.73 bits per heavy atom. The van der Waals surface area contributed by atoms with Gasteiger partial charge < -0.3 is 42.9 Å². The Kier molecular flexibility index (Phi) is 8.35. The average Bonchev–Trinajstić information content (AvgIpc) is 2.48. The number of aliphatic hydroxyl groups excluding tert-OH is 4. The van der Waals surface area contributed by atoms with Crippen LogP contribution in [0.5, 0.6) is 0 Å². The maximum atomic E-state index is 9.88. The van der Waals surface area contributed by atoms with Gasteiger partial charge in [-0.05, 0) is 20.8 Å². The summed E-state index contributed by atoms with van der Waals surface area (Å²) in [5.74, 6) is 0. The normalized spacial score (nSPS) is 33.1. The van der Waals surface area contributed by atoms with E-state index in [4.69, 9.17) is 22.4 Å². The molecule has 0 saturated carbocycles. The van der Waals surface area contributed by atoms with Gasteiger partial charge in [-0.3, -0.25) is 0 Å². The SMILES string of the molecule is CCO[Si](OCC)(OCC)OCC1OC(O)C(O)C(O)C1O. The largest absolute Gasteiger partial charge is 0.679 e. The summed E-state index contributed by atoms with van der Waals surface area (Å²) < 4.78 is 27.0. The lowest BCUT2D eigenvalue weighted by Crippen LogP contribution is -2.60. The van der Waals surface area contributed by atoms with Crippen molar-refractivity contribution in [1.82, 2.24) is 0 Å². The minimum absolute atomic E-state index is 0.228. The van der Waals surface area contributed by atoms with Crippen molar-refractivity contribution in [1.29, 1.82) is 0 Å². The molecule has 4 N–H and O–H groups in total. The summed E-state index contributed by atoms with van der Waals surface area (Å²) in [7, 11) is -3.39. The molecule has 0 aromatic carbocycles. The molecule has 0 spiro atoms. The highest BCUT2D eigenvalue weighted by Crippen LogP contribution is 2.22. The number of rotatable bonds is 9. The maximum Gasteiger partial charge on any atom is 0.679 e. The Balaban J connectivity index is 2.70. The lowest BCUT2D eigenvalue weighted by molar-refractivity contribution is -0.287. The highest BCUT2D eigenvalue weighted by atomic mass is 28.4.